The van der Waals surface area contributed by atoms with Crippen molar-refractivity contribution in [1.82, 2.24) is 14.8 Å². The Hall–Kier alpha value is -4.33. The minimum atomic E-state index is -4.68. The molecule has 210 valence electrons. The SMILES string of the molecule is Cc1cccc(COc2ccc(-c3cc(C(F)(F)F)c4c(-c5ccc(Cl)cc5)nn(-c5cccc(Cl)c5)c4n3)cc2)c1. The van der Waals surface area contributed by atoms with Crippen LogP contribution in [-0.2, 0) is 12.8 Å². The summed E-state index contributed by atoms with van der Waals surface area (Å²) in [5.74, 6) is 0.589. The second kappa shape index (κ2) is 11.2. The molecule has 0 spiro atoms. The Labute approximate surface area is 249 Å². The number of pyridine rings is 1. The van der Waals surface area contributed by atoms with Gasteiger partial charge in [0.25, 0.3) is 0 Å². The minimum Gasteiger partial charge on any atom is -0.489 e. The number of alkyl halides is 3. The van der Waals surface area contributed by atoms with Crippen LogP contribution >= 0.6 is 23.2 Å². The Balaban J connectivity index is 1.48. The molecule has 0 aliphatic rings. The van der Waals surface area contributed by atoms with Gasteiger partial charge in [0, 0.05) is 21.2 Å². The van der Waals surface area contributed by atoms with Gasteiger partial charge in [-0.05, 0) is 73.2 Å². The van der Waals surface area contributed by atoms with E-state index in [0.29, 0.717) is 39.2 Å². The summed E-state index contributed by atoms with van der Waals surface area (Å²) < 4.78 is 51.3. The Bertz CT molecular complexity index is 1900. The third-order valence-corrected chi connectivity index (χ3v) is 7.24. The smallest absolute Gasteiger partial charge is 0.417 e. The molecule has 4 aromatic carbocycles. The van der Waals surface area contributed by atoms with Crippen LogP contribution in [0.15, 0.2) is 103 Å². The van der Waals surface area contributed by atoms with Crippen LogP contribution in [0.1, 0.15) is 16.7 Å². The maximum Gasteiger partial charge on any atom is 0.417 e. The number of halogens is 5. The molecule has 4 nitrogen and oxygen atoms in total. The topological polar surface area (TPSA) is 39.9 Å². The van der Waals surface area contributed by atoms with Crippen molar-refractivity contribution in [1.29, 1.82) is 0 Å². The largest absolute Gasteiger partial charge is 0.489 e. The summed E-state index contributed by atoms with van der Waals surface area (Å²) in [7, 11) is 0. The molecule has 0 atom stereocenters. The molecule has 0 fully saturated rings. The summed E-state index contributed by atoms with van der Waals surface area (Å²) in [6, 6.07) is 29.1. The summed E-state index contributed by atoms with van der Waals surface area (Å²) in [6.07, 6.45) is -4.68. The van der Waals surface area contributed by atoms with Gasteiger partial charge in [-0.15, -0.1) is 0 Å². The van der Waals surface area contributed by atoms with Crippen LogP contribution in [0.25, 0.3) is 39.2 Å². The van der Waals surface area contributed by atoms with Gasteiger partial charge < -0.3 is 4.74 Å². The number of rotatable bonds is 6. The molecule has 2 heterocycles. The molecule has 0 radical (unpaired) electrons. The van der Waals surface area contributed by atoms with Gasteiger partial charge in [-0.2, -0.15) is 18.3 Å². The lowest BCUT2D eigenvalue weighted by Gasteiger charge is -2.13. The summed E-state index contributed by atoms with van der Waals surface area (Å²) in [5.41, 5.74) is 3.07. The number of hydrogen-bond donors (Lipinski definition) is 0. The molecule has 0 unspecified atom stereocenters. The van der Waals surface area contributed by atoms with Crippen molar-refractivity contribution in [2.24, 2.45) is 0 Å². The Morgan fingerprint density at radius 2 is 1.50 bits per heavy atom. The zero-order valence-electron chi connectivity index (χ0n) is 22.2. The Morgan fingerprint density at radius 1 is 0.786 bits per heavy atom. The predicted molar refractivity (Wildman–Crippen MR) is 160 cm³/mol. The van der Waals surface area contributed by atoms with E-state index in [1.165, 1.54) is 4.68 Å². The maximum absolute atomic E-state index is 14.7. The van der Waals surface area contributed by atoms with E-state index < -0.39 is 11.7 Å². The number of ether oxygens (including phenoxy) is 1. The van der Waals surface area contributed by atoms with Crippen LogP contribution < -0.4 is 4.74 Å². The first-order valence-corrected chi connectivity index (χ1v) is 13.7. The van der Waals surface area contributed by atoms with Gasteiger partial charge in [-0.25, -0.2) is 9.67 Å². The van der Waals surface area contributed by atoms with E-state index >= 15 is 0 Å². The molecule has 0 N–H and O–H groups in total. The average molecular weight is 604 g/mol. The van der Waals surface area contributed by atoms with E-state index in [2.05, 4.69) is 5.10 Å². The molecule has 0 aliphatic heterocycles. The Kier molecular flexibility index (Phi) is 7.39. The fraction of sp³-hybridized carbons (Fsp3) is 0.0909. The van der Waals surface area contributed by atoms with Gasteiger partial charge in [-0.3, -0.25) is 0 Å². The molecule has 0 amide bonds. The van der Waals surface area contributed by atoms with Crippen molar-refractivity contribution in [3.05, 3.63) is 130 Å². The van der Waals surface area contributed by atoms with E-state index in [9.17, 15) is 13.2 Å². The van der Waals surface area contributed by atoms with Crippen molar-refractivity contribution >= 4 is 34.2 Å². The first-order valence-electron chi connectivity index (χ1n) is 13.0. The van der Waals surface area contributed by atoms with Crippen LogP contribution in [0.2, 0.25) is 10.0 Å². The van der Waals surface area contributed by atoms with Gasteiger partial charge in [0.2, 0.25) is 0 Å². The van der Waals surface area contributed by atoms with E-state index in [4.69, 9.17) is 32.9 Å². The predicted octanol–water partition coefficient (Wildman–Crippen LogP) is 9.97. The first-order chi connectivity index (χ1) is 20.2. The van der Waals surface area contributed by atoms with Gasteiger partial charge in [-0.1, -0.05) is 71.2 Å². The highest BCUT2D eigenvalue weighted by Gasteiger charge is 2.36. The molecule has 6 aromatic rings. The number of aromatic nitrogens is 3. The monoisotopic (exact) mass is 603 g/mol. The van der Waals surface area contributed by atoms with Crippen LogP contribution in [0, 0.1) is 6.92 Å². The van der Waals surface area contributed by atoms with Crippen molar-refractivity contribution in [3.8, 4) is 34.0 Å². The molecule has 42 heavy (non-hydrogen) atoms. The van der Waals surface area contributed by atoms with Gasteiger partial charge >= 0.3 is 6.18 Å². The molecule has 9 heteroatoms. The fourth-order valence-electron chi connectivity index (χ4n) is 4.78. The molecule has 6 rings (SSSR count). The van der Waals surface area contributed by atoms with Crippen molar-refractivity contribution in [3.63, 3.8) is 0 Å². The average Bonchev–Trinajstić information content (AvgIpc) is 3.35. The van der Waals surface area contributed by atoms with Gasteiger partial charge in [0.1, 0.15) is 18.1 Å². The fourth-order valence-corrected chi connectivity index (χ4v) is 5.09. The minimum absolute atomic E-state index is 0.0480. The number of benzene rings is 4. The molecular weight excluding hydrogens is 582 g/mol. The second-order valence-electron chi connectivity index (χ2n) is 9.80. The second-order valence-corrected chi connectivity index (χ2v) is 10.7. The standard InChI is InChI=1S/C33H22Cl2F3N3O/c1-20-4-2-5-21(16-20)19-42-27-14-10-22(11-15-27)29-18-28(33(36,37)38)30-31(23-8-12-24(34)13-9-23)40-41(32(30)39-29)26-7-3-6-25(35)17-26/h2-18H,19H2,1H3. The van der Waals surface area contributed by atoms with Crippen molar-refractivity contribution in [2.75, 3.05) is 0 Å². The van der Waals surface area contributed by atoms with Gasteiger partial charge in [0.15, 0.2) is 5.65 Å². The van der Waals surface area contributed by atoms with E-state index in [1.807, 2.05) is 31.2 Å². The normalized spacial score (nSPS) is 11.7. The van der Waals surface area contributed by atoms with Crippen LogP contribution in [0.4, 0.5) is 13.2 Å². The van der Waals surface area contributed by atoms with Crippen LogP contribution in [0.3, 0.4) is 0 Å². The number of fused-ring (bicyclic) bond motifs is 1. The van der Waals surface area contributed by atoms with Crippen molar-refractivity contribution in [2.45, 2.75) is 19.7 Å². The van der Waals surface area contributed by atoms with Crippen LogP contribution in [0.5, 0.6) is 5.75 Å². The van der Waals surface area contributed by atoms with E-state index in [1.54, 1.807) is 72.8 Å². The highest BCUT2D eigenvalue weighted by molar-refractivity contribution is 6.31. The van der Waals surface area contributed by atoms with Crippen molar-refractivity contribution < 1.29 is 17.9 Å². The third kappa shape index (κ3) is 5.71. The number of nitrogens with zero attached hydrogens (tertiary/aromatic N) is 3. The molecule has 2 aromatic heterocycles. The highest BCUT2D eigenvalue weighted by Crippen LogP contribution is 2.42. The lowest BCUT2D eigenvalue weighted by atomic mass is 10.0. The maximum atomic E-state index is 14.7. The molecular formula is C33H22Cl2F3N3O. The highest BCUT2D eigenvalue weighted by atomic mass is 35.5. The lowest BCUT2D eigenvalue weighted by Crippen LogP contribution is -2.08. The van der Waals surface area contributed by atoms with Crippen LogP contribution in [-0.4, -0.2) is 14.8 Å². The number of hydrogen-bond acceptors (Lipinski definition) is 3. The van der Waals surface area contributed by atoms with E-state index in [-0.39, 0.29) is 22.4 Å². The lowest BCUT2D eigenvalue weighted by molar-refractivity contribution is -0.136. The third-order valence-electron chi connectivity index (χ3n) is 6.75. The van der Waals surface area contributed by atoms with E-state index in [0.717, 1.165) is 17.2 Å². The zero-order valence-corrected chi connectivity index (χ0v) is 23.7. The Morgan fingerprint density at radius 3 is 2.19 bits per heavy atom. The quantitative estimate of drug-likeness (QED) is 0.190. The number of aryl methyl sites for hydroxylation is 1. The first kappa shape index (κ1) is 27.8. The summed E-state index contributed by atoms with van der Waals surface area (Å²) in [5, 5.41) is 5.37. The zero-order chi connectivity index (χ0) is 29.4. The summed E-state index contributed by atoms with van der Waals surface area (Å²) in [6.45, 7) is 2.38. The molecule has 0 bridgehead atoms. The summed E-state index contributed by atoms with van der Waals surface area (Å²) >= 11 is 12.3. The van der Waals surface area contributed by atoms with Gasteiger partial charge in [0.05, 0.1) is 22.3 Å². The molecule has 0 aliphatic carbocycles. The summed E-state index contributed by atoms with van der Waals surface area (Å²) in [4.78, 5) is 4.71. The molecule has 0 saturated heterocycles. The molecule has 0 saturated carbocycles.